The zero-order valence-electron chi connectivity index (χ0n) is 12.7. The molecule has 1 aliphatic carbocycles. The normalized spacial score (nSPS) is 25.4. The van der Waals surface area contributed by atoms with Gasteiger partial charge in [0.2, 0.25) is 0 Å². The van der Waals surface area contributed by atoms with Crippen LogP contribution in [0.2, 0.25) is 0 Å². The highest BCUT2D eigenvalue weighted by Crippen LogP contribution is 2.21. The number of hydrogen-bond donors (Lipinski definition) is 0. The highest BCUT2D eigenvalue weighted by molar-refractivity contribution is 6.02. The van der Waals surface area contributed by atoms with Gasteiger partial charge in [0.15, 0.2) is 0 Å². The average Bonchev–Trinajstić information content (AvgIpc) is 3.01. The molecule has 0 bridgehead atoms. The van der Waals surface area contributed by atoms with Crippen molar-refractivity contribution >= 4 is 23.3 Å². The SMILES string of the molecule is C.CC(=O)C1CCCC1=O.CC(=O)C1CCOC1=O.[2HH].[2H][2H]. The molecule has 1 heterocycles. The zero-order chi connectivity index (χ0) is 15.7. The van der Waals surface area contributed by atoms with E-state index in [9.17, 15) is 19.2 Å². The van der Waals surface area contributed by atoms with Gasteiger partial charge in [0.05, 0.1) is 12.5 Å². The van der Waals surface area contributed by atoms with E-state index in [2.05, 4.69) is 4.74 Å². The van der Waals surface area contributed by atoms with Crippen LogP contribution in [0.25, 0.3) is 0 Å². The summed E-state index contributed by atoms with van der Waals surface area (Å²) in [5.74, 6) is -0.977. The minimum Gasteiger partial charge on any atom is -0.465 e. The summed E-state index contributed by atoms with van der Waals surface area (Å²) in [7, 11) is 0. The third-order valence-electron chi connectivity index (χ3n) is 3.22. The van der Waals surface area contributed by atoms with Crippen molar-refractivity contribution in [1.29, 1.82) is 0 Å². The Morgan fingerprint density at radius 1 is 1.16 bits per heavy atom. The number of esters is 1. The van der Waals surface area contributed by atoms with Crippen molar-refractivity contribution in [1.82, 2.24) is 0 Å². The van der Waals surface area contributed by atoms with Crippen molar-refractivity contribution in [3.05, 3.63) is 0 Å². The summed E-state index contributed by atoms with van der Waals surface area (Å²) >= 11 is 0. The van der Waals surface area contributed by atoms with E-state index < -0.39 is 5.92 Å². The maximum atomic E-state index is 10.8. The number of Topliss-reactive ketones (excluding diaryl/α,β-unsaturated/α-hetero) is 3. The van der Waals surface area contributed by atoms with Gasteiger partial charge < -0.3 is 4.74 Å². The van der Waals surface area contributed by atoms with Crippen LogP contribution in [0.5, 0.6) is 0 Å². The first-order chi connectivity index (χ1) is 9.43. The van der Waals surface area contributed by atoms with Crippen LogP contribution in [0.4, 0.5) is 0 Å². The van der Waals surface area contributed by atoms with Gasteiger partial charge in [-0.15, -0.1) is 0 Å². The molecule has 5 nitrogen and oxygen atoms in total. The summed E-state index contributed by atoms with van der Waals surface area (Å²) in [6.45, 7) is 3.31. The molecular formula is C14H26O5. The van der Waals surface area contributed by atoms with Crippen LogP contribution in [-0.2, 0) is 23.9 Å². The maximum Gasteiger partial charge on any atom is 0.316 e. The third-order valence-corrected chi connectivity index (χ3v) is 3.22. The molecule has 1 saturated heterocycles. The second-order valence-corrected chi connectivity index (χ2v) is 4.64. The summed E-state index contributed by atoms with van der Waals surface area (Å²) in [4.78, 5) is 42.6. The first-order valence-electron chi connectivity index (χ1n) is 7.13. The Balaban J connectivity index is -0.000000273. The Labute approximate surface area is 118 Å². The number of carbonyl (C=O) groups excluding carboxylic acids is 4. The first kappa shape index (κ1) is 15.5. The third kappa shape index (κ3) is 4.93. The molecule has 0 N–H and O–H groups in total. The lowest BCUT2D eigenvalue weighted by molar-refractivity contribution is -0.144. The van der Waals surface area contributed by atoms with Crippen LogP contribution in [0.1, 0.15) is 51.4 Å². The molecule has 5 heteroatoms. The van der Waals surface area contributed by atoms with Gasteiger partial charge >= 0.3 is 5.97 Å². The molecule has 2 unspecified atom stereocenters. The molecule has 0 spiro atoms. The lowest BCUT2D eigenvalue weighted by atomic mass is 10.0. The van der Waals surface area contributed by atoms with Gasteiger partial charge in [-0.1, -0.05) is 7.43 Å². The summed E-state index contributed by atoms with van der Waals surface area (Å²) in [6, 6.07) is 0. The van der Waals surface area contributed by atoms with Gasteiger partial charge in [0, 0.05) is 17.2 Å². The van der Waals surface area contributed by atoms with Gasteiger partial charge in [-0.3, -0.25) is 19.2 Å². The van der Waals surface area contributed by atoms with Gasteiger partial charge in [0.25, 0.3) is 0 Å². The topological polar surface area (TPSA) is 77.5 Å². The van der Waals surface area contributed by atoms with Crippen LogP contribution in [0.3, 0.4) is 0 Å². The summed E-state index contributed by atoms with van der Waals surface area (Å²) in [6.07, 6.45) is 2.87. The van der Waals surface area contributed by atoms with E-state index in [1.807, 2.05) is 0 Å². The lowest BCUT2D eigenvalue weighted by Gasteiger charge is -1.98. The van der Waals surface area contributed by atoms with Crippen molar-refractivity contribution in [3.63, 3.8) is 0 Å². The predicted molar refractivity (Wildman–Crippen MR) is 73.7 cm³/mol. The van der Waals surface area contributed by atoms with E-state index in [1.165, 1.54) is 13.8 Å². The Hall–Kier alpha value is -1.52. The highest BCUT2D eigenvalue weighted by Gasteiger charge is 2.30. The molecule has 0 aromatic rings. The van der Waals surface area contributed by atoms with E-state index in [0.717, 1.165) is 12.8 Å². The van der Waals surface area contributed by atoms with Crippen molar-refractivity contribution in [2.24, 2.45) is 11.8 Å². The Morgan fingerprint density at radius 2 is 1.74 bits per heavy atom. The number of ketones is 3. The summed E-state index contributed by atoms with van der Waals surface area (Å²) in [5, 5.41) is 0. The quantitative estimate of drug-likeness (QED) is 0.571. The first-order valence-corrected chi connectivity index (χ1v) is 6.13. The van der Waals surface area contributed by atoms with Crippen LogP contribution in [0.15, 0.2) is 0 Å². The molecule has 112 valence electrons. The summed E-state index contributed by atoms with van der Waals surface area (Å²) in [5.41, 5.74) is 0. The minimum atomic E-state index is -0.468. The van der Waals surface area contributed by atoms with Gasteiger partial charge in [-0.2, -0.15) is 0 Å². The fourth-order valence-corrected chi connectivity index (χ4v) is 2.11. The molecule has 0 amide bonds. The predicted octanol–water partition coefficient (Wildman–Crippen LogP) is 2.21. The van der Waals surface area contributed by atoms with Crippen LogP contribution in [-0.4, -0.2) is 29.9 Å². The monoisotopic (exact) mass is 277 g/mol. The molecule has 1 aliphatic heterocycles. The zero-order valence-corrected chi connectivity index (χ0v) is 10.7. The lowest BCUT2D eigenvalue weighted by Crippen LogP contribution is -2.15. The highest BCUT2D eigenvalue weighted by atomic mass is 16.5. The molecule has 0 aromatic carbocycles. The van der Waals surface area contributed by atoms with E-state index in [0.29, 0.717) is 19.4 Å². The fraction of sp³-hybridized carbons (Fsp3) is 0.714. The van der Waals surface area contributed by atoms with Crippen molar-refractivity contribution in [3.8, 4) is 0 Å². The van der Waals surface area contributed by atoms with Crippen molar-refractivity contribution in [2.45, 2.75) is 47.0 Å². The number of rotatable bonds is 2. The molecule has 2 aliphatic rings. The number of ether oxygens (including phenoxy) is 1. The molecule has 2 rings (SSSR count). The van der Waals surface area contributed by atoms with E-state index in [-0.39, 0.29) is 38.1 Å². The van der Waals surface area contributed by atoms with Gasteiger partial charge in [0.1, 0.15) is 23.3 Å². The van der Waals surface area contributed by atoms with Crippen LogP contribution < -0.4 is 0 Å². The smallest absolute Gasteiger partial charge is 0.316 e. The Bertz CT molecular complexity index is 349. The largest absolute Gasteiger partial charge is 0.465 e. The Morgan fingerprint density at radius 3 is 1.95 bits per heavy atom. The number of carbonyl (C=O) groups is 4. The van der Waals surface area contributed by atoms with E-state index in [4.69, 9.17) is 2.97 Å². The van der Waals surface area contributed by atoms with Crippen molar-refractivity contribution < 1.29 is 28.3 Å². The minimum absolute atomic E-state index is 0. The molecule has 1 saturated carbocycles. The van der Waals surface area contributed by atoms with Crippen molar-refractivity contribution in [2.75, 3.05) is 6.61 Å². The van der Waals surface area contributed by atoms with E-state index >= 15 is 0 Å². The maximum absolute atomic E-state index is 10.8. The number of cyclic esters (lactones) is 1. The Kier molecular flexibility index (Phi) is 6.39. The molecule has 0 radical (unpaired) electrons. The van der Waals surface area contributed by atoms with Crippen LogP contribution >= 0.6 is 0 Å². The molecule has 2 fully saturated rings. The standard InChI is InChI=1S/C7H10O2.C6H8O3.CH4.2H2/c1-5(8)6-3-2-4-7(6)9;1-4(7)5-2-3-9-6(5)8;;;/h6H,2-4H2,1H3;5H,2-3H2,1H3;1H4;2*1H/i;;;1+1D;1+1. The van der Waals surface area contributed by atoms with E-state index in [1.54, 1.807) is 0 Å². The fourth-order valence-electron chi connectivity index (χ4n) is 2.11. The number of hydrogen-bond acceptors (Lipinski definition) is 5. The molecule has 2 atom stereocenters. The molecule has 0 aromatic heterocycles. The second kappa shape index (κ2) is 7.81. The average molecular weight is 277 g/mol. The van der Waals surface area contributed by atoms with Gasteiger partial charge in [-0.05, 0) is 26.7 Å². The second-order valence-electron chi connectivity index (χ2n) is 4.64. The molecule has 19 heavy (non-hydrogen) atoms. The van der Waals surface area contributed by atoms with Gasteiger partial charge in [-0.25, -0.2) is 0 Å². The van der Waals surface area contributed by atoms with Crippen LogP contribution in [0, 0.1) is 11.8 Å². The molecular weight excluding hydrogens is 248 g/mol. The summed E-state index contributed by atoms with van der Waals surface area (Å²) < 4.78 is 14.6.